The van der Waals surface area contributed by atoms with Crippen molar-refractivity contribution in [2.75, 3.05) is 13.7 Å². The summed E-state index contributed by atoms with van der Waals surface area (Å²) in [5, 5.41) is 21.1. The molecule has 278 valence electrons. The molecule has 1 saturated heterocycles. The standard InChI is InChI=1S/C35H46N10O7/c1-35(2,3)52-30(46)20-24(21-37-41-34(36)50)38-32(48)28-16-10-11-19-44(28)33(49)27(17-18-29-40-42-43-45(29)22-51-4)39-31(47)26-15-9-8-14-25(26)23-12-6-5-7-13-23/h5-9,12-15,21,24,27-28H,10-11,16-20,22H2,1-4H3,(H,38,48)(H,39,47)(H3,36,41,50)/t24-,27-,28-/m0/s1. The van der Waals surface area contributed by atoms with Gasteiger partial charge in [0, 0.05) is 31.9 Å². The number of urea groups is 1. The van der Waals surface area contributed by atoms with Crippen LogP contribution in [0.1, 0.15) is 69.1 Å². The van der Waals surface area contributed by atoms with Gasteiger partial charge in [0.05, 0.1) is 12.5 Å². The first-order valence-corrected chi connectivity index (χ1v) is 17.0. The minimum absolute atomic E-state index is 0.0921. The van der Waals surface area contributed by atoms with E-state index in [2.05, 4.69) is 36.7 Å². The van der Waals surface area contributed by atoms with Crippen molar-refractivity contribution >= 4 is 35.9 Å². The molecule has 0 spiro atoms. The van der Waals surface area contributed by atoms with E-state index >= 15 is 0 Å². The number of hydrogen-bond donors (Lipinski definition) is 4. The molecule has 2 heterocycles. The van der Waals surface area contributed by atoms with E-state index < -0.39 is 53.4 Å². The van der Waals surface area contributed by atoms with Crippen molar-refractivity contribution < 1.29 is 33.4 Å². The van der Waals surface area contributed by atoms with Crippen LogP contribution in [0.15, 0.2) is 59.7 Å². The van der Waals surface area contributed by atoms with E-state index in [0.29, 0.717) is 36.2 Å². The maximum Gasteiger partial charge on any atom is 0.332 e. The number of aromatic nitrogens is 4. The SMILES string of the molecule is COCn1nnnc1CC[C@H](NC(=O)c1ccccc1-c1ccccc1)C(=O)N1CCCC[C@H]1C(=O)N[C@H](C=NNC(N)=O)CC(=O)OC(C)(C)C. The van der Waals surface area contributed by atoms with Gasteiger partial charge in [0.2, 0.25) is 11.8 Å². The predicted octanol–water partition coefficient (Wildman–Crippen LogP) is 1.93. The Labute approximate surface area is 301 Å². The van der Waals surface area contributed by atoms with Crippen LogP contribution in [0.4, 0.5) is 4.79 Å². The van der Waals surface area contributed by atoms with Gasteiger partial charge in [0.15, 0.2) is 5.82 Å². The second-order valence-electron chi connectivity index (χ2n) is 13.2. The Hall–Kier alpha value is -5.71. The molecule has 0 unspecified atom stereocenters. The summed E-state index contributed by atoms with van der Waals surface area (Å²) in [6, 6.07) is 12.6. The number of aryl methyl sites for hydroxylation is 1. The third-order valence-electron chi connectivity index (χ3n) is 8.03. The normalized spacial score (nSPS) is 15.8. The van der Waals surface area contributed by atoms with Crippen LogP contribution in [-0.4, -0.2) is 98.4 Å². The van der Waals surface area contributed by atoms with E-state index in [-0.39, 0.29) is 32.5 Å². The average molecular weight is 719 g/mol. The number of tetrazole rings is 1. The molecule has 0 aliphatic carbocycles. The second kappa shape index (κ2) is 18.5. The van der Waals surface area contributed by atoms with Gasteiger partial charge in [0.1, 0.15) is 24.4 Å². The zero-order valence-electron chi connectivity index (χ0n) is 29.8. The number of benzene rings is 2. The second-order valence-corrected chi connectivity index (χ2v) is 13.2. The smallest absolute Gasteiger partial charge is 0.332 e. The number of piperidine rings is 1. The molecule has 17 heteroatoms. The zero-order chi connectivity index (χ0) is 37.7. The summed E-state index contributed by atoms with van der Waals surface area (Å²) < 4.78 is 12.0. The number of amides is 5. The highest BCUT2D eigenvalue weighted by Crippen LogP contribution is 2.25. The molecule has 5 amide bonds. The first-order chi connectivity index (χ1) is 24.9. The zero-order valence-corrected chi connectivity index (χ0v) is 29.8. The number of primary amides is 1. The molecular weight excluding hydrogens is 672 g/mol. The highest BCUT2D eigenvalue weighted by molar-refractivity contribution is 6.03. The van der Waals surface area contributed by atoms with Gasteiger partial charge in [-0.3, -0.25) is 19.2 Å². The van der Waals surface area contributed by atoms with Crippen molar-refractivity contribution in [3.8, 4) is 11.1 Å². The first-order valence-electron chi connectivity index (χ1n) is 17.0. The number of likely N-dealkylation sites (tertiary alicyclic amines) is 1. The van der Waals surface area contributed by atoms with Gasteiger partial charge in [-0.1, -0.05) is 48.5 Å². The average Bonchev–Trinajstić information content (AvgIpc) is 3.56. The molecule has 1 aromatic heterocycles. The number of nitrogens with two attached hydrogens (primary N) is 1. The molecule has 0 radical (unpaired) electrons. The summed E-state index contributed by atoms with van der Waals surface area (Å²) in [6.45, 7) is 5.47. The molecule has 1 aliphatic rings. The summed E-state index contributed by atoms with van der Waals surface area (Å²) >= 11 is 0. The van der Waals surface area contributed by atoms with Gasteiger partial charge >= 0.3 is 12.0 Å². The summed E-state index contributed by atoms with van der Waals surface area (Å²) in [6.07, 6.45) is 2.80. The van der Waals surface area contributed by atoms with Crippen LogP contribution in [0.5, 0.6) is 0 Å². The van der Waals surface area contributed by atoms with E-state index in [4.69, 9.17) is 15.2 Å². The highest BCUT2D eigenvalue weighted by atomic mass is 16.6. The number of nitrogens with one attached hydrogen (secondary N) is 3. The monoisotopic (exact) mass is 718 g/mol. The molecule has 1 fully saturated rings. The number of nitrogens with zero attached hydrogens (tertiary/aromatic N) is 6. The number of carbonyl (C=O) groups excluding carboxylic acids is 5. The number of methoxy groups -OCH3 is 1. The fraction of sp³-hybridized carbons (Fsp3) is 0.457. The van der Waals surface area contributed by atoms with E-state index in [1.165, 1.54) is 22.9 Å². The van der Waals surface area contributed by atoms with Crippen molar-refractivity contribution in [2.45, 2.75) is 89.8 Å². The lowest BCUT2D eigenvalue weighted by atomic mass is 9.97. The molecule has 17 nitrogen and oxygen atoms in total. The van der Waals surface area contributed by atoms with E-state index in [9.17, 15) is 24.0 Å². The maximum absolute atomic E-state index is 14.5. The molecular formula is C35H46N10O7. The van der Waals surface area contributed by atoms with Crippen molar-refractivity contribution in [2.24, 2.45) is 10.8 Å². The Morgan fingerprint density at radius 2 is 1.77 bits per heavy atom. The van der Waals surface area contributed by atoms with Gasteiger partial charge in [-0.2, -0.15) is 5.10 Å². The number of hydrogen-bond acceptors (Lipinski definition) is 11. The minimum Gasteiger partial charge on any atom is -0.460 e. The fourth-order valence-electron chi connectivity index (χ4n) is 5.78. The first kappa shape index (κ1) is 39.1. The lowest BCUT2D eigenvalue weighted by Gasteiger charge is -2.37. The summed E-state index contributed by atoms with van der Waals surface area (Å²) in [7, 11) is 1.50. The van der Waals surface area contributed by atoms with Crippen LogP contribution >= 0.6 is 0 Å². The van der Waals surface area contributed by atoms with E-state index in [0.717, 1.165) is 5.56 Å². The molecule has 0 bridgehead atoms. The van der Waals surface area contributed by atoms with Crippen LogP contribution in [0, 0.1) is 0 Å². The molecule has 1 aliphatic heterocycles. The van der Waals surface area contributed by atoms with Crippen LogP contribution < -0.4 is 21.8 Å². The topological polar surface area (TPSA) is 225 Å². The third-order valence-corrected chi connectivity index (χ3v) is 8.03. The summed E-state index contributed by atoms with van der Waals surface area (Å²) in [4.78, 5) is 67.6. The Kier molecular flexibility index (Phi) is 13.9. The van der Waals surface area contributed by atoms with Gasteiger partial charge in [-0.25, -0.2) is 14.9 Å². The predicted molar refractivity (Wildman–Crippen MR) is 189 cm³/mol. The number of rotatable bonds is 15. The van der Waals surface area contributed by atoms with E-state index in [1.54, 1.807) is 32.9 Å². The van der Waals surface area contributed by atoms with Gasteiger partial charge in [-0.05, 0) is 74.1 Å². The van der Waals surface area contributed by atoms with Gasteiger partial charge < -0.3 is 30.7 Å². The lowest BCUT2D eigenvalue weighted by Crippen LogP contribution is -2.58. The molecule has 52 heavy (non-hydrogen) atoms. The Balaban J connectivity index is 1.59. The molecule has 3 aromatic rings. The number of hydrazone groups is 1. The molecule has 2 aromatic carbocycles. The molecule has 0 saturated carbocycles. The van der Waals surface area contributed by atoms with Crippen molar-refractivity contribution in [1.82, 2.24) is 41.2 Å². The summed E-state index contributed by atoms with van der Waals surface area (Å²) in [5.41, 5.74) is 8.28. The van der Waals surface area contributed by atoms with Gasteiger partial charge in [-0.15, -0.1) is 5.10 Å². The lowest BCUT2D eigenvalue weighted by molar-refractivity contribution is -0.155. The molecule has 4 rings (SSSR count). The quantitative estimate of drug-likeness (QED) is 0.101. The van der Waals surface area contributed by atoms with Gasteiger partial charge in [0.25, 0.3) is 5.91 Å². The Morgan fingerprint density at radius 3 is 2.48 bits per heavy atom. The largest absolute Gasteiger partial charge is 0.460 e. The maximum atomic E-state index is 14.5. The number of carbonyl (C=O) groups is 5. The molecule has 5 N–H and O–H groups in total. The van der Waals surface area contributed by atoms with Crippen LogP contribution in [0.2, 0.25) is 0 Å². The van der Waals surface area contributed by atoms with Crippen LogP contribution in [0.25, 0.3) is 11.1 Å². The van der Waals surface area contributed by atoms with E-state index in [1.807, 2.05) is 42.5 Å². The van der Waals surface area contributed by atoms with Crippen molar-refractivity contribution in [1.29, 1.82) is 0 Å². The fourth-order valence-corrected chi connectivity index (χ4v) is 5.78. The van der Waals surface area contributed by atoms with Crippen molar-refractivity contribution in [3.05, 3.63) is 66.0 Å². The highest BCUT2D eigenvalue weighted by Gasteiger charge is 2.37. The summed E-state index contributed by atoms with van der Waals surface area (Å²) in [5.74, 6) is -1.66. The van der Waals surface area contributed by atoms with Crippen molar-refractivity contribution in [3.63, 3.8) is 0 Å². The number of ether oxygens (including phenoxy) is 2. The Bertz CT molecular complexity index is 1720. The minimum atomic E-state index is -1.07. The Morgan fingerprint density at radius 1 is 1.04 bits per heavy atom. The van der Waals surface area contributed by atoms with Crippen LogP contribution in [-0.2, 0) is 37.0 Å². The number of esters is 1. The van der Waals surface area contributed by atoms with Crippen LogP contribution in [0.3, 0.4) is 0 Å². The molecule has 3 atom stereocenters. The third kappa shape index (κ3) is 11.4.